The average Bonchev–Trinajstić information content (AvgIpc) is 2.41. The molecule has 0 radical (unpaired) electrons. The highest BCUT2D eigenvalue weighted by Gasteiger charge is 2.21. The number of benzene rings is 1. The van der Waals surface area contributed by atoms with Gasteiger partial charge in [0, 0.05) is 25.1 Å². The molecule has 0 saturated carbocycles. The van der Waals surface area contributed by atoms with Crippen molar-refractivity contribution in [2.75, 3.05) is 17.1 Å². The Kier molecular flexibility index (Phi) is 3.44. The summed E-state index contributed by atoms with van der Waals surface area (Å²) >= 11 is 0. The Hall–Kier alpha value is -2.08. The summed E-state index contributed by atoms with van der Waals surface area (Å²) in [4.78, 5) is 4.09. The highest BCUT2D eigenvalue weighted by atomic mass is 32.2. The highest BCUT2D eigenvalue weighted by molar-refractivity contribution is 7.92. The molecular weight excluding hydrogens is 262 g/mol. The monoisotopic (exact) mass is 277 g/mol. The van der Waals surface area contributed by atoms with Crippen molar-refractivity contribution in [2.24, 2.45) is 0 Å². The van der Waals surface area contributed by atoms with Gasteiger partial charge in [0.05, 0.1) is 10.6 Å². The second-order valence-corrected chi connectivity index (χ2v) is 6.17. The standard InChI is InChI=1S/C13H15N3O2S/c1-10-9-12(3-4-13(10)14)19(17,18)16(2)11-5-7-15-8-6-11/h3-9H,14H2,1-2H3. The summed E-state index contributed by atoms with van der Waals surface area (Å²) in [6.07, 6.45) is 3.10. The normalized spacial score (nSPS) is 11.3. The van der Waals surface area contributed by atoms with Crippen LogP contribution in [-0.4, -0.2) is 20.4 Å². The first kappa shape index (κ1) is 13.4. The fraction of sp³-hybridized carbons (Fsp3) is 0.154. The van der Waals surface area contributed by atoms with Gasteiger partial charge in [-0.2, -0.15) is 0 Å². The summed E-state index contributed by atoms with van der Waals surface area (Å²) in [6, 6.07) is 7.96. The molecule has 1 heterocycles. The Morgan fingerprint density at radius 3 is 2.37 bits per heavy atom. The van der Waals surface area contributed by atoms with Crippen molar-refractivity contribution in [3.8, 4) is 0 Å². The minimum Gasteiger partial charge on any atom is -0.399 e. The van der Waals surface area contributed by atoms with E-state index >= 15 is 0 Å². The van der Waals surface area contributed by atoms with Crippen LogP contribution in [0.4, 0.5) is 11.4 Å². The van der Waals surface area contributed by atoms with Gasteiger partial charge in [0.25, 0.3) is 10.0 Å². The van der Waals surface area contributed by atoms with Crippen LogP contribution in [0.1, 0.15) is 5.56 Å². The fourth-order valence-corrected chi connectivity index (χ4v) is 2.94. The minimum atomic E-state index is -3.58. The number of anilines is 2. The predicted molar refractivity (Wildman–Crippen MR) is 75.4 cm³/mol. The van der Waals surface area contributed by atoms with Crippen molar-refractivity contribution in [1.29, 1.82) is 0 Å². The number of sulfonamides is 1. The molecule has 1 aromatic carbocycles. The molecule has 6 heteroatoms. The lowest BCUT2D eigenvalue weighted by atomic mass is 10.2. The van der Waals surface area contributed by atoms with Crippen LogP contribution in [0.25, 0.3) is 0 Å². The van der Waals surface area contributed by atoms with Crippen LogP contribution in [0, 0.1) is 6.92 Å². The van der Waals surface area contributed by atoms with Crippen LogP contribution in [0.5, 0.6) is 0 Å². The van der Waals surface area contributed by atoms with Crippen molar-refractivity contribution in [3.05, 3.63) is 48.3 Å². The molecule has 0 spiro atoms. The molecule has 100 valence electrons. The number of hydrogen-bond acceptors (Lipinski definition) is 4. The zero-order chi connectivity index (χ0) is 14.0. The quantitative estimate of drug-likeness (QED) is 0.868. The number of nitrogen functional groups attached to an aromatic ring is 1. The number of pyridine rings is 1. The summed E-state index contributed by atoms with van der Waals surface area (Å²) in [7, 11) is -2.07. The number of nitrogens with two attached hydrogens (primary N) is 1. The highest BCUT2D eigenvalue weighted by Crippen LogP contribution is 2.23. The molecule has 5 nitrogen and oxygen atoms in total. The minimum absolute atomic E-state index is 0.221. The van der Waals surface area contributed by atoms with Crippen LogP contribution in [0.3, 0.4) is 0 Å². The van der Waals surface area contributed by atoms with Crippen LogP contribution in [-0.2, 0) is 10.0 Å². The number of hydrogen-bond donors (Lipinski definition) is 1. The van der Waals surface area contributed by atoms with E-state index in [1.165, 1.54) is 17.4 Å². The summed E-state index contributed by atoms with van der Waals surface area (Å²) < 4.78 is 26.1. The van der Waals surface area contributed by atoms with E-state index in [0.717, 1.165) is 5.56 Å². The van der Waals surface area contributed by atoms with Crippen LogP contribution >= 0.6 is 0 Å². The lowest BCUT2D eigenvalue weighted by molar-refractivity contribution is 0.594. The number of aromatic nitrogens is 1. The smallest absolute Gasteiger partial charge is 0.264 e. The maximum atomic E-state index is 12.5. The van der Waals surface area contributed by atoms with E-state index in [2.05, 4.69) is 4.98 Å². The second-order valence-electron chi connectivity index (χ2n) is 4.20. The Balaban J connectivity index is 2.45. The first-order chi connectivity index (χ1) is 8.93. The van der Waals surface area contributed by atoms with Crippen molar-refractivity contribution in [1.82, 2.24) is 4.98 Å². The molecule has 2 N–H and O–H groups in total. The molecule has 0 unspecified atom stereocenters. The molecule has 0 bridgehead atoms. The largest absolute Gasteiger partial charge is 0.399 e. The second kappa shape index (κ2) is 4.89. The maximum Gasteiger partial charge on any atom is 0.264 e. The van der Waals surface area contributed by atoms with Gasteiger partial charge in [-0.15, -0.1) is 0 Å². The van der Waals surface area contributed by atoms with Crippen molar-refractivity contribution in [2.45, 2.75) is 11.8 Å². The van der Waals surface area contributed by atoms with Gasteiger partial charge in [0.2, 0.25) is 0 Å². The van der Waals surface area contributed by atoms with E-state index in [4.69, 9.17) is 5.73 Å². The van der Waals surface area contributed by atoms with Crippen molar-refractivity contribution < 1.29 is 8.42 Å². The molecular formula is C13H15N3O2S. The van der Waals surface area contributed by atoms with Crippen molar-refractivity contribution in [3.63, 3.8) is 0 Å². The third-order valence-electron chi connectivity index (χ3n) is 2.93. The topological polar surface area (TPSA) is 76.3 Å². The van der Waals surface area contributed by atoms with Gasteiger partial charge in [0.1, 0.15) is 0 Å². The molecule has 2 aromatic rings. The molecule has 0 atom stereocenters. The van der Waals surface area contributed by atoms with E-state index in [1.807, 2.05) is 0 Å². The van der Waals surface area contributed by atoms with E-state index in [-0.39, 0.29) is 4.90 Å². The number of rotatable bonds is 3. The van der Waals surface area contributed by atoms with Crippen LogP contribution in [0.15, 0.2) is 47.6 Å². The van der Waals surface area contributed by atoms with Gasteiger partial charge in [-0.3, -0.25) is 9.29 Å². The predicted octanol–water partition coefficient (Wildman–Crippen LogP) is 1.80. The zero-order valence-electron chi connectivity index (χ0n) is 10.7. The summed E-state index contributed by atoms with van der Waals surface area (Å²) in [6.45, 7) is 1.78. The van der Waals surface area contributed by atoms with Gasteiger partial charge in [-0.25, -0.2) is 8.42 Å². The van der Waals surface area contributed by atoms with Gasteiger partial charge in [0.15, 0.2) is 0 Å². The zero-order valence-corrected chi connectivity index (χ0v) is 11.6. The Morgan fingerprint density at radius 2 is 1.79 bits per heavy atom. The fourth-order valence-electron chi connectivity index (χ4n) is 1.66. The number of nitrogens with zero attached hydrogens (tertiary/aromatic N) is 2. The van der Waals surface area contributed by atoms with Crippen LogP contribution < -0.4 is 10.0 Å². The van der Waals surface area contributed by atoms with E-state index in [0.29, 0.717) is 11.4 Å². The lowest BCUT2D eigenvalue weighted by Gasteiger charge is -2.19. The first-order valence-corrected chi connectivity index (χ1v) is 7.12. The summed E-state index contributed by atoms with van der Waals surface area (Å²) in [5, 5.41) is 0. The van der Waals surface area contributed by atoms with Gasteiger partial charge >= 0.3 is 0 Å². The number of aryl methyl sites for hydroxylation is 1. The third-order valence-corrected chi connectivity index (χ3v) is 4.71. The summed E-state index contributed by atoms with van der Waals surface area (Å²) in [5.41, 5.74) is 7.58. The molecule has 0 saturated heterocycles. The van der Waals surface area contributed by atoms with Gasteiger partial charge < -0.3 is 5.73 Å². The van der Waals surface area contributed by atoms with Crippen molar-refractivity contribution >= 4 is 21.4 Å². The Morgan fingerprint density at radius 1 is 1.16 bits per heavy atom. The molecule has 0 aliphatic carbocycles. The average molecular weight is 277 g/mol. The SMILES string of the molecule is Cc1cc(S(=O)(=O)N(C)c2ccncc2)ccc1N. The molecule has 0 aliphatic rings. The molecule has 19 heavy (non-hydrogen) atoms. The Bertz CT molecular complexity index is 684. The molecule has 0 amide bonds. The first-order valence-electron chi connectivity index (χ1n) is 5.68. The molecule has 0 aliphatic heterocycles. The lowest BCUT2D eigenvalue weighted by Crippen LogP contribution is -2.26. The van der Waals surface area contributed by atoms with Crippen LogP contribution in [0.2, 0.25) is 0 Å². The van der Waals surface area contributed by atoms with E-state index in [9.17, 15) is 8.42 Å². The third kappa shape index (κ3) is 2.53. The van der Waals surface area contributed by atoms with Gasteiger partial charge in [-0.1, -0.05) is 0 Å². The Labute approximate surface area is 112 Å². The maximum absolute atomic E-state index is 12.5. The molecule has 0 fully saturated rings. The molecule has 2 rings (SSSR count). The summed E-state index contributed by atoms with van der Waals surface area (Å²) in [5.74, 6) is 0. The van der Waals surface area contributed by atoms with E-state index in [1.54, 1.807) is 43.6 Å². The molecule has 1 aromatic heterocycles. The van der Waals surface area contributed by atoms with Gasteiger partial charge in [-0.05, 0) is 42.8 Å². The van der Waals surface area contributed by atoms with E-state index < -0.39 is 10.0 Å².